The van der Waals surface area contributed by atoms with Gasteiger partial charge in [0, 0.05) is 40.3 Å². The van der Waals surface area contributed by atoms with E-state index in [2.05, 4.69) is 35.8 Å². The number of imide groups is 1. The Bertz CT molecular complexity index is 1510. The van der Waals surface area contributed by atoms with Crippen LogP contribution in [0.5, 0.6) is 0 Å². The lowest BCUT2D eigenvalue weighted by atomic mass is 10.1. The minimum atomic E-state index is -0.226. The molecule has 1 saturated heterocycles. The molecule has 0 bridgehead atoms. The Morgan fingerprint density at radius 3 is 2.51 bits per heavy atom. The van der Waals surface area contributed by atoms with Gasteiger partial charge in [-0.15, -0.1) is 0 Å². The summed E-state index contributed by atoms with van der Waals surface area (Å²) >= 11 is 13.6. The van der Waals surface area contributed by atoms with Crippen LogP contribution in [0.15, 0.2) is 77.8 Å². The van der Waals surface area contributed by atoms with Crippen molar-refractivity contribution >= 4 is 63.1 Å². The number of amides is 2. The monoisotopic (exact) mass is 548 g/mol. The lowest BCUT2D eigenvalue weighted by Gasteiger charge is -2.12. The zero-order valence-corrected chi connectivity index (χ0v) is 22.7. The fourth-order valence-electron chi connectivity index (χ4n) is 4.74. The van der Waals surface area contributed by atoms with Gasteiger partial charge in [-0.1, -0.05) is 84.7 Å². The number of para-hydroxylation sites is 1. The highest BCUT2D eigenvalue weighted by Crippen LogP contribution is 2.35. The van der Waals surface area contributed by atoms with Crippen LogP contribution in [0.25, 0.3) is 17.0 Å². The van der Waals surface area contributed by atoms with Crippen LogP contribution in [-0.4, -0.2) is 27.2 Å². The number of nitrogens with zero attached hydrogens (tertiary/aromatic N) is 2. The van der Waals surface area contributed by atoms with Gasteiger partial charge in [0.15, 0.2) is 0 Å². The van der Waals surface area contributed by atoms with Crippen molar-refractivity contribution in [1.82, 2.24) is 9.47 Å². The van der Waals surface area contributed by atoms with Crippen LogP contribution in [0.4, 0.5) is 4.79 Å². The Kier molecular flexibility index (Phi) is 7.75. The summed E-state index contributed by atoms with van der Waals surface area (Å²) < 4.78 is 2.17. The number of aromatic nitrogens is 1. The predicted octanol–water partition coefficient (Wildman–Crippen LogP) is 8.23. The van der Waals surface area contributed by atoms with Crippen molar-refractivity contribution in [2.45, 2.75) is 32.7 Å². The molecule has 0 unspecified atom stereocenters. The summed E-state index contributed by atoms with van der Waals surface area (Å²) in [5.41, 5.74) is 5.37. The van der Waals surface area contributed by atoms with Crippen molar-refractivity contribution in [3.8, 4) is 0 Å². The molecule has 4 aromatic rings. The SMILES string of the molecule is CCc1cccc2c(/C=C3\SC(=O)N(CCCc4ccccc4)C3=O)cn(Cc3ccc(Cl)cc3Cl)c12. The van der Waals surface area contributed by atoms with Crippen molar-refractivity contribution in [1.29, 1.82) is 0 Å². The average molecular weight is 550 g/mol. The van der Waals surface area contributed by atoms with Gasteiger partial charge >= 0.3 is 0 Å². The number of hydrogen-bond donors (Lipinski definition) is 0. The van der Waals surface area contributed by atoms with Gasteiger partial charge in [0.05, 0.1) is 10.4 Å². The van der Waals surface area contributed by atoms with E-state index in [0.29, 0.717) is 28.0 Å². The number of benzene rings is 3. The van der Waals surface area contributed by atoms with E-state index in [1.807, 2.05) is 48.7 Å². The summed E-state index contributed by atoms with van der Waals surface area (Å²) in [5.74, 6) is -0.226. The van der Waals surface area contributed by atoms with Crippen LogP contribution >= 0.6 is 35.0 Å². The maximum absolute atomic E-state index is 13.2. The number of thioether (sulfide) groups is 1. The summed E-state index contributed by atoms with van der Waals surface area (Å²) in [6.45, 7) is 3.11. The molecule has 7 heteroatoms. The fourth-order valence-corrected chi connectivity index (χ4v) is 6.07. The number of carbonyl (C=O) groups is 2. The first-order valence-corrected chi connectivity index (χ1v) is 13.9. The number of rotatable bonds is 8. The van der Waals surface area contributed by atoms with Crippen LogP contribution in [0.3, 0.4) is 0 Å². The van der Waals surface area contributed by atoms with Crippen molar-refractivity contribution < 1.29 is 9.59 Å². The minimum Gasteiger partial charge on any atom is -0.342 e. The maximum atomic E-state index is 13.2. The van der Waals surface area contributed by atoms with Crippen LogP contribution < -0.4 is 0 Å². The molecule has 0 spiro atoms. The highest BCUT2D eigenvalue weighted by molar-refractivity contribution is 8.18. The van der Waals surface area contributed by atoms with Gasteiger partial charge < -0.3 is 4.57 Å². The Morgan fingerprint density at radius 1 is 0.946 bits per heavy atom. The van der Waals surface area contributed by atoms with Crippen molar-refractivity contribution in [2.24, 2.45) is 0 Å². The number of hydrogen-bond acceptors (Lipinski definition) is 3. The number of aryl methyl sites for hydroxylation is 2. The molecule has 1 aliphatic heterocycles. The van der Waals surface area contributed by atoms with Gasteiger partial charge in [0.1, 0.15) is 0 Å². The van der Waals surface area contributed by atoms with E-state index in [1.165, 1.54) is 16.0 Å². The van der Waals surface area contributed by atoms with Crippen molar-refractivity contribution in [3.63, 3.8) is 0 Å². The first-order chi connectivity index (χ1) is 17.9. The molecule has 0 aliphatic carbocycles. The van der Waals surface area contributed by atoms with Gasteiger partial charge in [-0.25, -0.2) is 0 Å². The second kappa shape index (κ2) is 11.2. The molecule has 5 rings (SSSR count). The van der Waals surface area contributed by atoms with Gasteiger partial charge in [-0.05, 0) is 65.9 Å². The molecule has 0 atom stereocenters. The summed E-state index contributed by atoms with van der Waals surface area (Å²) in [5, 5.41) is 2.04. The molecule has 1 fully saturated rings. The third kappa shape index (κ3) is 5.49. The Balaban J connectivity index is 1.43. The molecule has 0 N–H and O–H groups in total. The second-order valence-electron chi connectivity index (χ2n) is 9.04. The van der Waals surface area contributed by atoms with Gasteiger partial charge in [0.2, 0.25) is 0 Å². The van der Waals surface area contributed by atoms with E-state index in [-0.39, 0.29) is 11.1 Å². The first kappa shape index (κ1) is 25.7. The molecular formula is C30H26Cl2N2O2S. The Morgan fingerprint density at radius 2 is 1.76 bits per heavy atom. The van der Waals surface area contributed by atoms with Crippen LogP contribution in [-0.2, 0) is 24.2 Å². The standard InChI is InChI=1S/C30H26Cl2N2O2S/c1-2-21-11-6-12-25-23(19-33(28(21)25)18-22-13-14-24(31)17-26(22)32)16-27-29(35)34(30(36)37-27)15-7-10-20-8-4-3-5-9-20/h3-6,8-9,11-14,16-17,19H,2,7,10,15,18H2,1H3/b27-16-. The topological polar surface area (TPSA) is 42.3 Å². The zero-order chi connectivity index (χ0) is 25.9. The smallest absolute Gasteiger partial charge is 0.293 e. The lowest BCUT2D eigenvalue weighted by molar-refractivity contribution is -0.122. The normalized spacial score (nSPS) is 14.9. The van der Waals surface area contributed by atoms with Crippen molar-refractivity contribution in [3.05, 3.63) is 110 Å². The zero-order valence-electron chi connectivity index (χ0n) is 20.4. The number of halogens is 2. The summed E-state index contributed by atoms with van der Waals surface area (Å²) in [6.07, 6.45) is 6.31. The third-order valence-electron chi connectivity index (χ3n) is 6.60. The number of carbonyl (C=O) groups excluding carboxylic acids is 2. The second-order valence-corrected chi connectivity index (χ2v) is 10.9. The summed E-state index contributed by atoms with van der Waals surface area (Å²) in [4.78, 5) is 27.7. The Labute approximate surface area is 230 Å². The first-order valence-electron chi connectivity index (χ1n) is 12.3. The van der Waals surface area contributed by atoms with E-state index in [9.17, 15) is 9.59 Å². The molecule has 0 saturated carbocycles. The molecular weight excluding hydrogens is 523 g/mol. The van der Waals surface area contributed by atoms with E-state index in [1.54, 1.807) is 6.07 Å². The molecule has 37 heavy (non-hydrogen) atoms. The van der Waals surface area contributed by atoms with Gasteiger partial charge in [0.25, 0.3) is 11.1 Å². The van der Waals surface area contributed by atoms with Gasteiger partial charge in [-0.3, -0.25) is 14.5 Å². The van der Waals surface area contributed by atoms with Crippen LogP contribution in [0, 0.1) is 0 Å². The quantitative estimate of drug-likeness (QED) is 0.208. The minimum absolute atomic E-state index is 0.213. The maximum Gasteiger partial charge on any atom is 0.293 e. The highest BCUT2D eigenvalue weighted by Gasteiger charge is 2.34. The fraction of sp³-hybridized carbons (Fsp3) is 0.200. The number of fused-ring (bicyclic) bond motifs is 1. The Hall–Kier alpha value is -2.99. The largest absolute Gasteiger partial charge is 0.342 e. The van der Waals surface area contributed by atoms with E-state index in [4.69, 9.17) is 23.2 Å². The molecule has 2 heterocycles. The molecule has 0 radical (unpaired) electrons. The van der Waals surface area contributed by atoms with Crippen LogP contribution in [0.2, 0.25) is 10.0 Å². The lowest BCUT2D eigenvalue weighted by Crippen LogP contribution is -2.29. The van der Waals surface area contributed by atoms with Gasteiger partial charge in [-0.2, -0.15) is 0 Å². The van der Waals surface area contributed by atoms with E-state index < -0.39 is 0 Å². The summed E-state index contributed by atoms with van der Waals surface area (Å²) in [6, 6.07) is 21.8. The molecule has 1 aromatic heterocycles. The average Bonchev–Trinajstić information content (AvgIpc) is 3.38. The molecule has 2 amide bonds. The predicted molar refractivity (Wildman–Crippen MR) is 154 cm³/mol. The molecule has 188 valence electrons. The van der Waals surface area contributed by atoms with E-state index >= 15 is 0 Å². The third-order valence-corrected chi connectivity index (χ3v) is 8.09. The summed E-state index contributed by atoms with van der Waals surface area (Å²) in [7, 11) is 0. The molecule has 3 aromatic carbocycles. The van der Waals surface area contributed by atoms with Crippen LogP contribution in [0.1, 0.15) is 35.6 Å². The van der Waals surface area contributed by atoms with Crippen molar-refractivity contribution in [2.75, 3.05) is 6.54 Å². The molecule has 1 aliphatic rings. The highest BCUT2D eigenvalue weighted by atomic mass is 35.5. The van der Waals surface area contributed by atoms with E-state index in [0.717, 1.165) is 53.1 Å². The molecule has 4 nitrogen and oxygen atoms in total.